The Morgan fingerprint density at radius 1 is 1.08 bits per heavy atom. The number of carbonyl (C=O) groups is 1. The molecule has 4 nitrogen and oxygen atoms in total. The largest absolute Gasteiger partial charge is 0.494 e. The van der Waals surface area contributed by atoms with E-state index in [0.29, 0.717) is 30.3 Å². The number of anilines is 1. The molecule has 3 rings (SSSR count). The van der Waals surface area contributed by atoms with Crippen LogP contribution in [-0.4, -0.2) is 43.6 Å². The Morgan fingerprint density at radius 2 is 1.79 bits per heavy atom. The van der Waals surface area contributed by atoms with Crippen molar-refractivity contribution in [3.63, 3.8) is 0 Å². The first-order valence-electron chi connectivity index (χ1n) is 8.20. The molecule has 0 unspecified atom stereocenters. The molecule has 1 amide bonds. The summed E-state index contributed by atoms with van der Waals surface area (Å²) in [4.78, 5) is 16.7. The molecule has 1 fully saturated rings. The molecule has 0 spiro atoms. The van der Waals surface area contributed by atoms with Crippen LogP contribution in [0.15, 0.2) is 48.5 Å². The van der Waals surface area contributed by atoms with Crippen molar-refractivity contribution in [2.45, 2.75) is 6.92 Å². The van der Waals surface area contributed by atoms with Gasteiger partial charge in [0.15, 0.2) is 0 Å². The first-order valence-corrected chi connectivity index (χ1v) is 8.58. The second-order valence-electron chi connectivity index (χ2n) is 5.72. The molecular weight excluding hydrogens is 324 g/mol. The summed E-state index contributed by atoms with van der Waals surface area (Å²) in [7, 11) is 0. The van der Waals surface area contributed by atoms with Crippen molar-refractivity contribution in [3.8, 4) is 5.75 Å². The van der Waals surface area contributed by atoms with Crippen LogP contribution in [-0.2, 0) is 0 Å². The number of rotatable bonds is 4. The quantitative estimate of drug-likeness (QED) is 0.847. The van der Waals surface area contributed by atoms with Gasteiger partial charge in [0.1, 0.15) is 5.75 Å². The highest BCUT2D eigenvalue weighted by Crippen LogP contribution is 2.21. The lowest BCUT2D eigenvalue weighted by atomic mass is 10.1. The molecule has 0 N–H and O–H groups in total. The molecule has 2 aromatic rings. The van der Waals surface area contributed by atoms with E-state index in [-0.39, 0.29) is 5.91 Å². The van der Waals surface area contributed by atoms with Crippen molar-refractivity contribution in [2.75, 3.05) is 37.7 Å². The van der Waals surface area contributed by atoms with Crippen LogP contribution >= 0.6 is 11.6 Å². The first kappa shape index (κ1) is 16.7. The summed E-state index contributed by atoms with van der Waals surface area (Å²) < 4.78 is 5.47. The van der Waals surface area contributed by atoms with Gasteiger partial charge in [0.2, 0.25) is 0 Å². The summed E-state index contributed by atoms with van der Waals surface area (Å²) in [6.07, 6.45) is 0. The lowest BCUT2D eigenvalue weighted by Gasteiger charge is -2.36. The van der Waals surface area contributed by atoms with E-state index in [1.165, 1.54) is 0 Å². The van der Waals surface area contributed by atoms with Crippen LogP contribution in [0, 0.1) is 0 Å². The molecule has 0 bridgehead atoms. The zero-order chi connectivity index (χ0) is 16.9. The van der Waals surface area contributed by atoms with Gasteiger partial charge in [0.25, 0.3) is 5.91 Å². The Labute approximate surface area is 147 Å². The minimum absolute atomic E-state index is 0.0452. The molecule has 2 aromatic carbocycles. The van der Waals surface area contributed by atoms with Crippen molar-refractivity contribution < 1.29 is 9.53 Å². The van der Waals surface area contributed by atoms with E-state index in [1.54, 1.807) is 12.1 Å². The Morgan fingerprint density at radius 3 is 2.42 bits per heavy atom. The van der Waals surface area contributed by atoms with Gasteiger partial charge in [-0.3, -0.25) is 4.79 Å². The summed E-state index contributed by atoms with van der Waals surface area (Å²) in [5.74, 6) is 0.930. The molecule has 5 heteroatoms. The maximum absolute atomic E-state index is 12.5. The number of hydrogen-bond donors (Lipinski definition) is 0. The molecule has 1 saturated heterocycles. The number of benzene rings is 2. The zero-order valence-electron chi connectivity index (χ0n) is 13.7. The topological polar surface area (TPSA) is 32.8 Å². The minimum Gasteiger partial charge on any atom is -0.494 e. The highest BCUT2D eigenvalue weighted by Gasteiger charge is 2.22. The molecule has 0 radical (unpaired) electrons. The highest BCUT2D eigenvalue weighted by molar-refractivity contribution is 6.30. The van der Waals surface area contributed by atoms with Gasteiger partial charge in [0, 0.05) is 42.5 Å². The maximum Gasteiger partial charge on any atom is 0.254 e. The van der Waals surface area contributed by atoms with Gasteiger partial charge in [-0.15, -0.1) is 0 Å². The summed E-state index contributed by atoms with van der Waals surface area (Å²) in [5, 5.41) is 0.592. The third-order valence-corrected chi connectivity index (χ3v) is 4.39. The SMILES string of the molecule is CCOc1ccc(N2CCN(C(=O)c3cccc(Cl)c3)CC2)cc1. The second kappa shape index (κ2) is 7.58. The number of amides is 1. The van der Waals surface area contributed by atoms with Gasteiger partial charge >= 0.3 is 0 Å². The van der Waals surface area contributed by atoms with Crippen LogP contribution in [0.5, 0.6) is 5.75 Å². The van der Waals surface area contributed by atoms with Crippen molar-refractivity contribution in [2.24, 2.45) is 0 Å². The van der Waals surface area contributed by atoms with Crippen molar-refractivity contribution in [1.29, 1.82) is 0 Å². The Balaban J connectivity index is 1.60. The van der Waals surface area contributed by atoms with E-state index in [0.717, 1.165) is 24.5 Å². The fraction of sp³-hybridized carbons (Fsp3) is 0.316. The summed E-state index contributed by atoms with van der Waals surface area (Å²) >= 11 is 5.98. The van der Waals surface area contributed by atoms with Gasteiger partial charge in [-0.1, -0.05) is 17.7 Å². The van der Waals surface area contributed by atoms with E-state index >= 15 is 0 Å². The summed E-state index contributed by atoms with van der Waals surface area (Å²) in [5.41, 5.74) is 1.81. The van der Waals surface area contributed by atoms with Crippen LogP contribution < -0.4 is 9.64 Å². The molecule has 1 aliphatic heterocycles. The Bertz CT molecular complexity index is 695. The van der Waals surface area contributed by atoms with Gasteiger partial charge in [-0.25, -0.2) is 0 Å². The number of nitrogens with zero attached hydrogens (tertiary/aromatic N) is 2. The zero-order valence-corrected chi connectivity index (χ0v) is 14.5. The van der Waals surface area contributed by atoms with Crippen LogP contribution in [0.2, 0.25) is 5.02 Å². The van der Waals surface area contributed by atoms with Gasteiger partial charge in [0.05, 0.1) is 6.61 Å². The molecule has 0 atom stereocenters. The average molecular weight is 345 g/mol. The lowest BCUT2D eigenvalue weighted by Crippen LogP contribution is -2.48. The van der Waals surface area contributed by atoms with E-state index in [1.807, 2.05) is 36.1 Å². The van der Waals surface area contributed by atoms with E-state index < -0.39 is 0 Å². The fourth-order valence-corrected chi connectivity index (χ4v) is 3.08. The first-order chi connectivity index (χ1) is 11.7. The molecule has 126 valence electrons. The molecule has 0 aliphatic carbocycles. The number of halogens is 1. The van der Waals surface area contributed by atoms with Crippen LogP contribution in [0.4, 0.5) is 5.69 Å². The lowest BCUT2D eigenvalue weighted by molar-refractivity contribution is 0.0747. The minimum atomic E-state index is 0.0452. The molecule has 1 aliphatic rings. The molecule has 24 heavy (non-hydrogen) atoms. The predicted molar refractivity (Wildman–Crippen MR) is 97.2 cm³/mol. The third kappa shape index (κ3) is 3.82. The second-order valence-corrected chi connectivity index (χ2v) is 6.15. The molecule has 1 heterocycles. The molecule has 0 aromatic heterocycles. The molecule has 0 saturated carbocycles. The third-order valence-electron chi connectivity index (χ3n) is 4.15. The van der Waals surface area contributed by atoms with Gasteiger partial charge in [-0.2, -0.15) is 0 Å². The number of hydrogen-bond acceptors (Lipinski definition) is 3. The summed E-state index contributed by atoms with van der Waals surface area (Å²) in [6.45, 7) is 5.70. The van der Waals surface area contributed by atoms with Gasteiger partial charge in [-0.05, 0) is 49.4 Å². The van der Waals surface area contributed by atoms with E-state index in [9.17, 15) is 4.79 Å². The number of ether oxygens (including phenoxy) is 1. The van der Waals surface area contributed by atoms with E-state index in [4.69, 9.17) is 16.3 Å². The van der Waals surface area contributed by atoms with Crippen LogP contribution in [0.1, 0.15) is 17.3 Å². The van der Waals surface area contributed by atoms with Crippen molar-refractivity contribution in [3.05, 3.63) is 59.1 Å². The maximum atomic E-state index is 12.5. The normalized spacial score (nSPS) is 14.6. The monoisotopic (exact) mass is 344 g/mol. The Kier molecular flexibility index (Phi) is 5.26. The summed E-state index contributed by atoms with van der Waals surface area (Å²) in [6, 6.07) is 15.2. The standard InChI is InChI=1S/C19H21ClN2O2/c1-2-24-18-8-6-17(7-9-18)21-10-12-22(13-11-21)19(23)15-4-3-5-16(20)14-15/h3-9,14H,2,10-13H2,1H3. The van der Waals surface area contributed by atoms with Crippen molar-refractivity contribution >= 4 is 23.2 Å². The van der Waals surface area contributed by atoms with Crippen LogP contribution in [0.3, 0.4) is 0 Å². The van der Waals surface area contributed by atoms with E-state index in [2.05, 4.69) is 17.0 Å². The van der Waals surface area contributed by atoms with Crippen molar-refractivity contribution in [1.82, 2.24) is 4.90 Å². The average Bonchev–Trinajstić information content (AvgIpc) is 2.62. The number of carbonyl (C=O) groups excluding carboxylic acids is 1. The predicted octanol–water partition coefficient (Wildman–Crippen LogP) is 3.70. The highest BCUT2D eigenvalue weighted by atomic mass is 35.5. The smallest absolute Gasteiger partial charge is 0.254 e. The van der Waals surface area contributed by atoms with Crippen LogP contribution in [0.25, 0.3) is 0 Å². The fourth-order valence-electron chi connectivity index (χ4n) is 2.89. The Hall–Kier alpha value is -2.20. The van der Waals surface area contributed by atoms with Gasteiger partial charge < -0.3 is 14.5 Å². The molecular formula is C19H21ClN2O2. The number of piperazine rings is 1.